The minimum Gasteiger partial charge on any atom is -0.397 e. The van der Waals surface area contributed by atoms with Crippen LogP contribution >= 0.6 is 0 Å². The molecule has 0 radical (unpaired) electrons. The first-order valence-electron chi connectivity index (χ1n) is 6.49. The van der Waals surface area contributed by atoms with E-state index in [2.05, 4.69) is 25.4 Å². The number of fused-ring (bicyclic) bond motifs is 1. The number of anilines is 2. The van der Waals surface area contributed by atoms with Crippen LogP contribution < -0.4 is 16.6 Å². The Morgan fingerprint density at radius 2 is 2.24 bits per heavy atom. The summed E-state index contributed by atoms with van der Waals surface area (Å²) in [5, 5.41) is 7.90. The van der Waals surface area contributed by atoms with Crippen LogP contribution in [0.1, 0.15) is 5.82 Å². The normalized spacial score (nSPS) is 10.9. The van der Waals surface area contributed by atoms with Crippen LogP contribution in [0.2, 0.25) is 0 Å². The van der Waals surface area contributed by atoms with Gasteiger partial charge in [-0.2, -0.15) is 5.10 Å². The Morgan fingerprint density at radius 1 is 1.38 bits per heavy atom. The lowest BCUT2D eigenvalue weighted by molar-refractivity contribution is 0.742. The summed E-state index contributed by atoms with van der Waals surface area (Å²) in [4.78, 5) is 22.5. The van der Waals surface area contributed by atoms with Crippen molar-refractivity contribution in [2.45, 2.75) is 6.42 Å². The van der Waals surface area contributed by atoms with Crippen molar-refractivity contribution in [1.29, 1.82) is 0 Å². The van der Waals surface area contributed by atoms with Crippen molar-refractivity contribution in [3.63, 3.8) is 0 Å². The van der Waals surface area contributed by atoms with E-state index in [1.54, 1.807) is 23.1 Å². The Kier molecular flexibility index (Phi) is 3.27. The summed E-state index contributed by atoms with van der Waals surface area (Å²) < 4.78 is 1.66. The van der Waals surface area contributed by atoms with E-state index in [9.17, 15) is 4.79 Å². The number of aromatic amines is 1. The molecule has 108 valence electrons. The van der Waals surface area contributed by atoms with Gasteiger partial charge in [-0.3, -0.25) is 9.48 Å². The first kappa shape index (κ1) is 13.1. The molecule has 8 heteroatoms. The largest absolute Gasteiger partial charge is 0.397 e. The van der Waals surface area contributed by atoms with Crippen LogP contribution in [0.3, 0.4) is 0 Å². The predicted molar refractivity (Wildman–Crippen MR) is 80.0 cm³/mol. The number of benzene rings is 1. The molecule has 0 saturated carbocycles. The molecule has 3 aromatic rings. The summed E-state index contributed by atoms with van der Waals surface area (Å²) in [6, 6.07) is 3.40. The van der Waals surface area contributed by atoms with Crippen LogP contribution in [0, 0.1) is 0 Å². The van der Waals surface area contributed by atoms with Gasteiger partial charge in [0.1, 0.15) is 6.33 Å². The SMILES string of the molecule is Cn1cnc(CCNc2cc3nc[nH]c(=O)c3cc2N)n1. The summed E-state index contributed by atoms with van der Waals surface area (Å²) in [5.74, 6) is 0.763. The second kappa shape index (κ2) is 5.23. The topological polar surface area (TPSA) is 115 Å². The molecule has 0 saturated heterocycles. The summed E-state index contributed by atoms with van der Waals surface area (Å²) >= 11 is 0. The fourth-order valence-corrected chi connectivity index (χ4v) is 2.09. The zero-order valence-corrected chi connectivity index (χ0v) is 11.5. The molecule has 1 aromatic carbocycles. The van der Waals surface area contributed by atoms with E-state index in [1.807, 2.05) is 7.05 Å². The number of nitrogens with zero attached hydrogens (tertiary/aromatic N) is 4. The standard InChI is InChI=1S/C13H15N7O/c1-20-7-18-12(19-20)2-3-15-11-5-10-8(4-9(11)14)13(21)17-6-16-10/h4-7,15H,2-3,14H2,1H3,(H,16,17,21). The van der Waals surface area contributed by atoms with E-state index < -0.39 is 0 Å². The van der Waals surface area contributed by atoms with Gasteiger partial charge in [0.25, 0.3) is 5.56 Å². The molecule has 0 unspecified atom stereocenters. The molecule has 0 aliphatic carbocycles. The Bertz CT molecular complexity index is 836. The maximum Gasteiger partial charge on any atom is 0.258 e. The van der Waals surface area contributed by atoms with Crippen molar-refractivity contribution >= 4 is 22.3 Å². The smallest absolute Gasteiger partial charge is 0.258 e. The highest BCUT2D eigenvalue weighted by Crippen LogP contribution is 2.22. The molecule has 0 atom stereocenters. The van der Waals surface area contributed by atoms with Crippen molar-refractivity contribution in [3.05, 3.63) is 41.0 Å². The van der Waals surface area contributed by atoms with Gasteiger partial charge in [-0.15, -0.1) is 0 Å². The van der Waals surface area contributed by atoms with Crippen molar-refractivity contribution in [2.24, 2.45) is 7.05 Å². The molecular weight excluding hydrogens is 270 g/mol. The number of nitrogen functional groups attached to an aromatic ring is 1. The van der Waals surface area contributed by atoms with Crippen molar-refractivity contribution in [3.8, 4) is 0 Å². The van der Waals surface area contributed by atoms with Crippen molar-refractivity contribution in [2.75, 3.05) is 17.6 Å². The fourth-order valence-electron chi connectivity index (χ4n) is 2.09. The second-order valence-corrected chi connectivity index (χ2v) is 4.70. The monoisotopic (exact) mass is 285 g/mol. The molecule has 21 heavy (non-hydrogen) atoms. The van der Waals surface area contributed by atoms with Crippen LogP contribution in [-0.4, -0.2) is 31.3 Å². The van der Waals surface area contributed by atoms with Gasteiger partial charge in [-0.05, 0) is 12.1 Å². The first-order valence-corrected chi connectivity index (χ1v) is 6.49. The number of aryl methyl sites for hydroxylation is 1. The van der Waals surface area contributed by atoms with Gasteiger partial charge < -0.3 is 16.0 Å². The molecule has 2 aromatic heterocycles. The average molecular weight is 285 g/mol. The van der Waals surface area contributed by atoms with Crippen LogP contribution in [0.15, 0.2) is 29.6 Å². The Hall–Kier alpha value is -2.90. The molecule has 0 fully saturated rings. The molecule has 0 amide bonds. The number of nitrogens with one attached hydrogen (secondary N) is 2. The van der Waals surface area contributed by atoms with E-state index >= 15 is 0 Å². The third-order valence-corrected chi connectivity index (χ3v) is 3.12. The molecule has 0 aliphatic rings. The number of hydrogen-bond donors (Lipinski definition) is 3. The molecule has 0 aliphatic heterocycles. The van der Waals surface area contributed by atoms with Crippen molar-refractivity contribution < 1.29 is 0 Å². The maximum atomic E-state index is 11.7. The molecular formula is C13H15N7O. The quantitative estimate of drug-likeness (QED) is 0.593. The molecule has 3 rings (SSSR count). The third kappa shape index (κ3) is 2.69. The maximum absolute atomic E-state index is 11.7. The summed E-state index contributed by atoms with van der Waals surface area (Å²) in [6.45, 7) is 0.642. The number of rotatable bonds is 4. The van der Waals surface area contributed by atoms with E-state index in [4.69, 9.17) is 5.73 Å². The highest BCUT2D eigenvalue weighted by atomic mass is 16.1. The fraction of sp³-hybridized carbons (Fsp3) is 0.231. The lowest BCUT2D eigenvalue weighted by Crippen LogP contribution is -2.10. The minimum absolute atomic E-state index is 0.198. The van der Waals surface area contributed by atoms with Gasteiger partial charge >= 0.3 is 0 Å². The van der Waals surface area contributed by atoms with Crippen LogP contribution in [0.5, 0.6) is 0 Å². The van der Waals surface area contributed by atoms with E-state index in [0.717, 1.165) is 11.5 Å². The van der Waals surface area contributed by atoms with Gasteiger partial charge in [0.15, 0.2) is 5.82 Å². The van der Waals surface area contributed by atoms with Gasteiger partial charge in [0.2, 0.25) is 0 Å². The highest BCUT2D eigenvalue weighted by molar-refractivity contribution is 5.88. The minimum atomic E-state index is -0.198. The van der Waals surface area contributed by atoms with E-state index in [1.165, 1.54) is 6.33 Å². The zero-order chi connectivity index (χ0) is 14.8. The van der Waals surface area contributed by atoms with Gasteiger partial charge in [0.05, 0.1) is 28.6 Å². The van der Waals surface area contributed by atoms with Gasteiger partial charge in [0, 0.05) is 20.0 Å². The summed E-state index contributed by atoms with van der Waals surface area (Å²) in [5.41, 5.74) is 7.62. The highest BCUT2D eigenvalue weighted by Gasteiger charge is 2.06. The molecule has 2 heterocycles. The Balaban J connectivity index is 1.77. The number of nitrogens with two attached hydrogens (primary N) is 1. The first-order chi connectivity index (χ1) is 10.1. The Morgan fingerprint density at radius 3 is 3.00 bits per heavy atom. The molecule has 0 bridgehead atoms. The van der Waals surface area contributed by atoms with Crippen LogP contribution in [-0.2, 0) is 13.5 Å². The number of H-pyrrole nitrogens is 1. The average Bonchev–Trinajstić information content (AvgIpc) is 2.86. The zero-order valence-electron chi connectivity index (χ0n) is 11.5. The van der Waals surface area contributed by atoms with Gasteiger partial charge in [-0.25, -0.2) is 9.97 Å². The predicted octanol–water partition coefficient (Wildman–Crippen LogP) is 0.288. The Labute approximate surface area is 120 Å². The van der Waals surface area contributed by atoms with E-state index in [0.29, 0.717) is 29.6 Å². The van der Waals surface area contributed by atoms with Crippen molar-refractivity contribution in [1.82, 2.24) is 24.7 Å². The second-order valence-electron chi connectivity index (χ2n) is 4.70. The molecule has 4 N–H and O–H groups in total. The van der Waals surface area contributed by atoms with Crippen LogP contribution in [0.25, 0.3) is 10.9 Å². The van der Waals surface area contributed by atoms with Crippen LogP contribution in [0.4, 0.5) is 11.4 Å². The van der Waals surface area contributed by atoms with E-state index in [-0.39, 0.29) is 5.56 Å². The number of hydrogen-bond acceptors (Lipinski definition) is 6. The third-order valence-electron chi connectivity index (χ3n) is 3.12. The van der Waals surface area contributed by atoms with Gasteiger partial charge in [-0.1, -0.05) is 0 Å². The summed E-state index contributed by atoms with van der Waals surface area (Å²) in [7, 11) is 1.83. The molecule has 8 nitrogen and oxygen atoms in total. The summed E-state index contributed by atoms with van der Waals surface area (Å²) in [6.07, 6.45) is 3.72. The lowest BCUT2D eigenvalue weighted by Gasteiger charge is -2.09. The number of aromatic nitrogens is 5. The molecule has 0 spiro atoms. The lowest BCUT2D eigenvalue weighted by atomic mass is 10.2.